The standard InChI is InChI=1S/C18H22N4O/c1-12-6-7-15(10-13(12)2)20-17(23)16-11-14(3)19-18(21-16)22-8-4-5-9-22/h6-7,10-11H,4-5,8-9H2,1-3H3,(H,20,23). The lowest BCUT2D eigenvalue weighted by atomic mass is 10.1. The highest BCUT2D eigenvalue weighted by molar-refractivity contribution is 6.03. The molecule has 1 aliphatic heterocycles. The summed E-state index contributed by atoms with van der Waals surface area (Å²) >= 11 is 0. The predicted molar refractivity (Wildman–Crippen MR) is 92.1 cm³/mol. The SMILES string of the molecule is Cc1cc(C(=O)Nc2ccc(C)c(C)c2)nc(N2CCCC2)n1. The van der Waals surface area contributed by atoms with Crippen molar-refractivity contribution in [3.8, 4) is 0 Å². The fraction of sp³-hybridized carbons (Fsp3) is 0.389. The van der Waals surface area contributed by atoms with E-state index in [4.69, 9.17) is 0 Å². The van der Waals surface area contributed by atoms with E-state index in [0.29, 0.717) is 11.6 Å². The van der Waals surface area contributed by atoms with Gasteiger partial charge in [-0.1, -0.05) is 6.07 Å². The Hall–Kier alpha value is -2.43. The molecule has 1 saturated heterocycles. The van der Waals surface area contributed by atoms with Gasteiger partial charge in [-0.2, -0.15) is 0 Å². The van der Waals surface area contributed by atoms with Gasteiger partial charge >= 0.3 is 0 Å². The predicted octanol–water partition coefficient (Wildman–Crippen LogP) is 3.25. The van der Waals surface area contributed by atoms with Crippen LogP contribution in [0, 0.1) is 20.8 Å². The van der Waals surface area contributed by atoms with Crippen LogP contribution in [0.2, 0.25) is 0 Å². The number of aryl methyl sites for hydroxylation is 3. The van der Waals surface area contributed by atoms with Crippen LogP contribution in [0.15, 0.2) is 24.3 Å². The zero-order chi connectivity index (χ0) is 16.4. The van der Waals surface area contributed by atoms with Gasteiger partial charge in [0.25, 0.3) is 5.91 Å². The maximum absolute atomic E-state index is 12.5. The molecule has 23 heavy (non-hydrogen) atoms. The second-order valence-corrected chi connectivity index (χ2v) is 6.14. The molecule has 0 aliphatic carbocycles. The highest BCUT2D eigenvalue weighted by atomic mass is 16.1. The van der Waals surface area contributed by atoms with Crippen molar-refractivity contribution in [2.24, 2.45) is 0 Å². The molecule has 0 unspecified atom stereocenters. The van der Waals surface area contributed by atoms with Crippen LogP contribution < -0.4 is 10.2 Å². The molecule has 2 aromatic rings. The summed E-state index contributed by atoms with van der Waals surface area (Å²) in [7, 11) is 0. The number of amides is 1. The normalized spacial score (nSPS) is 14.1. The third-order valence-electron chi connectivity index (χ3n) is 4.23. The zero-order valence-corrected chi connectivity index (χ0v) is 13.9. The first-order valence-corrected chi connectivity index (χ1v) is 8.02. The van der Waals surface area contributed by atoms with E-state index in [0.717, 1.165) is 42.9 Å². The number of nitrogens with zero attached hydrogens (tertiary/aromatic N) is 3. The Bertz CT molecular complexity index is 736. The van der Waals surface area contributed by atoms with E-state index >= 15 is 0 Å². The maximum atomic E-state index is 12.5. The minimum atomic E-state index is -0.195. The number of benzene rings is 1. The topological polar surface area (TPSA) is 58.1 Å². The van der Waals surface area contributed by atoms with Crippen molar-refractivity contribution in [1.82, 2.24) is 9.97 Å². The van der Waals surface area contributed by atoms with Crippen LogP contribution in [0.5, 0.6) is 0 Å². The molecular weight excluding hydrogens is 288 g/mol. The monoisotopic (exact) mass is 310 g/mol. The van der Waals surface area contributed by atoms with Crippen molar-refractivity contribution >= 4 is 17.5 Å². The molecule has 1 amide bonds. The largest absolute Gasteiger partial charge is 0.341 e. The summed E-state index contributed by atoms with van der Waals surface area (Å²) in [5, 5.41) is 2.92. The van der Waals surface area contributed by atoms with Crippen LogP contribution in [-0.2, 0) is 0 Å². The van der Waals surface area contributed by atoms with Gasteiger partial charge in [0.05, 0.1) is 0 Å². The molecule has 1 N–H and O–H groups in total. The average molecular weight is 310 g/mol. The third kappa shape index (κ3) is 3.50. The van der Waals surface area contributed by atoms with Gasteiger partial charge in [0.1, 0.15) is 5.69 Å². The Morgan fingerprint density at radius 3 is 2.48 bits per heavy atom. The Morgan fingerprint density at radius 2 is 1.78 bits per heavy atom. The van der Waals surface area contributed by atoms with Crippen LogP contribution in [0.25, 0.3) is 0 Å². The minimum Gasteiger partial charge on any atom is -0.341 e. The highest BCUT2D eigenvalue weighted by Crippen LogP contribution is 2.18. The lowest BCUT2D eigenvalue weighted by Gasteiger charge is -2.16. The lowest BCUT2D eigenvalue weighted by Crippen LogP contribution is -2.23. The maximum Gasteiger partial charge on any atom is 0.274 e. The zero-order valence-electron chi connectivity index (χ0n) is 13.9. The van der Waals surface area contributed by atoms with Crippen molar-refractivity contribution in [2.45, 2.75) is 33.6 Å². The quantitative estimate of drug-likeness (QED) is 0.945. The summed E-state index contributed by atoms with van der Waals surface area (Å²) in [6.07, 6.45) is 2.31. The molecule has 0 atom stereocenters. The highest BCUT2D eigenvalue weighted by Gasteiger charge is 2.18. The first kappa shape index (κ1) is 15.5. The van der Waals surface area contributed by atoms with E-state index in [-0.39, 0.29) is 5.91 Å². The fourth-order valence-electron chi connectivity index (χ4n) is 2.74. The molecule has 5 nitrogen and oxygen atoms in total. The summed E-state index contributed by atoms with van der Waals surface area (Å²) in [5.41, 5.74) is 4.37. The lowest BCUT2D eigenvalue weighted by molar-refractivity contribution is 0.102. The van der Waals surface area contributed by atoms with Crippen molar-refractivity contribution in [3.05, 3.63) is 46.8 Å². The second-order valence-electron chi connectivity index (χ2n) is 6.14. The van der Waals surface area contributed by atoms with Crippen LogP contribution in [0.3, 0.4) is 0 Å². The molecular formula is C18H22N4O. The number of rotatable bonds is 3. The Morgan fingerprint density at radius 1 is 1.04 bits per heavy atom. The van der Waals surface area contributed by atoms with Gasteiger partial charge in [-0.3, -0.25) is 4.79 Å². The number of carbonyl (C=O) groups is 1. The van der Waals surface area contributed by atoms with E-state index < -0.39 is 0 Å². The molecule has 0 saturated carbocycles. The Balaban J connectivity index is 1.82. The van der Waals surface area contributed by atoms with Gasteiger partial charge in [-0.25, -0.2) is 9.97 Å². The molecule has 5 heteroatoms. The van der Waals surface area contributed by atoms with Crippen molar-refractivity contribution < 1.29 is 4.79 Å². The third-order valence-corrected chi connectivity index (χ3v) is 4.23. The summed E-state index contributed by atoms with van der Waals surface area (Å²) in [6.45, 7) is 7.90. The minimum absolute atomic E-state index is 0.195. The van der Waals surface area contributed by atoms with Crippen molar-refractivity contribution in [2.75, 3.05) is 23.3 Å². The fourth-order valence-corrected chi connectivity index (χ4v) is 2.74. The van der Waals surface area contributed by atoms with Gasteiger partial charge in [-0.15, -0.1) is 0 Å². The molecule has 120 valence electrons. The molecule has 1 aromatic carbocycles. The van der Waals surface area contributed by atoms with E-state index in [1.54, 1.807) is 6.07 Å². The van der Waals surface area contributed by atoms with Crippen LogP contribution in [-0.4, -0.2) is 29.0 Å². The average Bonchev–Trinajstić information content (AvgIpc) is 3.05. The van der Waals surface area contributed by atoms with E-state index in [1.165, 1.54) is 5.56 Å². The molecule has 1 aromatic heterocycles. The summed E-state index contributed by atoms with van der Waals surface area (Å²) in [5.74, 6) is 0.465. The van der Waals surface area contributed by atoms with Gasteiger partial charge in [0.2, 0.25) is 5.95 Å². The van der Waals surface area contributed by atoms with E-state index in [1.807, 2.05) is 32.0 Å². The van der Waals surface area contributed by atoms with Crippen molar-refractivity contribution in [3.63, 3.8) is 0 Å². The van der Waals surface area contributed by atoms with Crippen LogP contribution in [0.4, 0.5) is 11.6 Å². The summed E-state index contributed by atoms with van der Waals surface area (Å²) in [4.78, 5) is 23.6. The van der Waals surface area contributed by atoms with Gasteiger partial charge < -0.3 is 10.2 Å². The van der Waals surface area contributed by atoms with Crippen molar-refractivity contribution in [1.29, 1.82) is 0 Å². The number of anilines is 2. The number of hydrogen-bond donors (Lipinski definition) is 1. The molecule has 0 radical (unpaired) electrons. The number of aromatic nitrogens is 2. The number of hydrogen-bond acceptors (Lipinski definition) is 4. The van der Waals surface area contributed by atoms with E-state index in [9.17, 15) is 4.79 Å². The molecule has 2 heterocycles. The molecule has 0 bridgehead atoms. The molecule has 1 fully saturated rings. The van der Waals surface area contributed by atoms with Crippen LogP contribution in [0.1, 0.15) is 40.2 Å². The molecule has 3 rings (SSSR count). The Labute approximate surface area is 136 Å². The van der Waals surface area contributed by atoms with Gasteiger partial charge in [-0.05, 0) is 62.9 Å². The summed E-state index contributed by atoms with van der Waals surface area (Å²) < 4.78 is 0. The van der Waals surface area contributed by atoms with Gasteiger partial charge in [0.15, 0.2) is 0 Å². The van der Waals surface area contributed by atoms with E-state index in [2.05, 4.69) is 27.1 Å². The summed E-state index contributed by atoms with van der Waals surface area (Å²) in [6, 6.07) is 7.63. The van der Waals surface area contributed by atoms with Gasteiger partial charge in [0, 0.05) is 24.5 Å². The second kappa shape index (κ2) is 6.36. The molecule has 1 aliphatic rings. The van der Waals surface area contributed by atoms with Crippen LogP contribution >= 0.6 is 0 Å². The number of nitrogens with one attached hydrogen (secondary N) is 1. The molecule has 0 spiro atoms. The first-order valence-electron chi connectivity index (χ1n) is 8.02. The first-order chi connectivity index (χ1) is 11.0. The smallest absolute Gasteiger partial charge is 0.274 e. The Kier molecular flexibility index (Phi) is 4.28. The number of carbonyl (C=O) groups excluding carboxylic acids is 1.